The van der Waals surface area contributed by atoms with Crippen LogP contribution in [0.1, 0.15) is 11.6 Å². The number of nitrogens with one attached hydrogen (secondary N) is 1. The lowest BCUT2D eigenvalue weighted by molar-refractivity contribution is -0.145. The molecule has 2 aromatic rings. The molecule has 6 nitrogen and oxygen atoms in total. The molecule has 0 saturated carbocycles. The zero-order valence-corrected chi connectivity index (χ0v) is 11.0. The molecule has 19 heavy (non-hydrogen) atoms. The summed E-state index contributed by atoms with van der Waals surface area (Å²) in [6.45, 7) is 1.69. The van der Waals surface area contributed by atoms with E-state index >= 15 is 0 Å². The second kappa shape index (κ2) is 5.27. The van der Waals surface area contributed by atoms with Crippen molar-refractivity contribution in [2.24, 2.45) is 5.84 Å². The highest BCUT2D eigenvalue weighted by Crippen LogP contribution is 2.32. The second-order valence-corrected chi connectivity index (χ2v) is 5.29. The maximum Gasteiger partial charge on any atom is 0.451 e. The van der Waals surface area contributed by atoms with Crippen molar-refractivity contribution in [3.05, 3.63) is 17.7 Å². The summed E-state index contributed by atoms with van der Waals surface area (Å²) in [6.07, 6.45) is -4.64. The first kappa shape index (κ1) is 14.0. The number of hydrogen-bond donors (Lipinski definition) is 2. The molecule has 0 aliphatic carbocycles. The molecule has 0 fully saturated rings. The summed E-state index contributed by atoms with van der Waals surface area (Å²) < 4.78 is 42.2. The number of nitrogens with two attached hydrogens (primary N) is 1. The van der Waals surface area contributed by atoms with E-state index in [4.69, 9.17) is 5.84 Å². The number of aryl methyl sites for hydroxylation is 1. The molecule has 0 aromatic carbocycles. The van der Waals surface area contributed by atoms with E-state index in [1.165, 1.54) is 6.07 Å². The topological polar surface area (TPSA) is 89.6 Å². The van der Waals surface area contributed by atoms with Gasteiger partial charge in [-0.2, -0.15) is 17.5 Å². The molecule has 2 rings (SSSR count). The summed E-state index contributed by atoms with van der Waals surface area (Å²) in [5.74, 6) is 4.26. The van der Waals surface area contributed by atoms with Crippen LogP contribution in [-0.2, 0) is 6.18 Å². The highest BCUT2D eigenvalue weighted by molar-refractivity contribution is 8.00. The third kappa shape index (κ3) is 3.52. The van der Waals surface area contributed by atoms with Gasteiger partial charge < -0.3 is 5.43 Å². The third-order valence-corrected chi connectivity index (χ3v) is 3.57. The number of nitrogens with zero attached hydrogens (tertiary/aromatic N) is 4. The molecule has 2 heterocycles. The molecule has 0 aliphatic heterocycles. The van der Waals surface area contributed by atoms with Crippen LogP contribution in [0.2, 0.25) is 0 Å². The number of hydrazine groups is 1. The standard InChI is InChI=1S/C8H7F3N6S2/c1-3-13-7(19-17-3)18-5-2-4(16-12)14-6(15-5)8(9,10)11/h2H,12H2,1H3,(H,14,15,16). The molecule has 0 atom stereocenters. The molecule has 2 aromatic heterocycles. The molecule has 0 unspecified atom stereocenters. The van der Waals surface area contributed by atoms with Crippen LogP contribution in [0.15, 0.2) is 15.4 Å². The fourth-order valence-electron chi connectivity index (χ4n) is 1.09. The number of nitrogen functional groups attached to an aromatic ring is 1. The van der Waals surface area contributed by atoms with Gasteiger partial charge in [-0.1, -0.05) is 0 Å². The summed E-state index contributed by atoms with van der Waals surface area (Å²) in [4.78, 5) is 10.7. The highest BCUT2D eigenvalue weighted by Gasteiger charge is 2.35. The number of anilines is 1. The van der Waals surface area contributed by atoms with E-state index in [0.29, 0.717) is 10.2 Å². The van der Waals surface area contributed by atoms with E-state index < -0.39 is 12.0 Å². The van der Waals surface area contributed by atoms with Crippen LogP contribution in [0.5, 0.6) is 0 Å². The molecule has 3 N–H and O–H groups in total. The van der Waals surface area contributed by atoms with Gasteiger partial charge in [0.25, 0.3) is 0 Å². The van der Waals surface area contributed by atoms with Crippen molar-refractivity contribution in [3.63, 3.8) is 0 Å². The van der Waals surface area contributed by atoms with Crippen LogP contribution in [0.3, 0.4) is 0 Å². The normalized spacial score (nSPS) is 11.6. The molecular formula is C8H7F3N6S2. The van der Waals surface area contributed by atoms with Gasteiger partial charge in [0.05, 0.1) is 0 Å². The fourth-order valence-corrected chi connectivity index (χ4v) is 2.69. The molecule has 0 spiro atoms. The average molecular weight is 308 g/mol. The van der Waals surface area contributed by atoms with Crippen molar-refractivity contribution in [2.45, 2.75) is 22.5 Å². The quantitative estimate of drug-likeness (QED) is 0.510. The lowest BCUT2D eigenvalue weighted by Gasteiger charge is -2.08. The molecule has 0 amide bonds. The van der Waals surface area contributed by atoms with Crippen LogP contribution < -0.4 is 11.3 Å². The Morgan fingerprint density at radius 1 is 1.32 bits per heavy atom. The van der Waals surface area contributed by atoms with Gasteiger partial charge in [-0.3, -0.25) is 0 Å². The Balaban J connectivity index is 2.34. The lowest BCUT2D eigenvalue weighted by atomic mass is 10.5. The number of aromatic nitrogens is 4. The number of hydrogen-bond acceptors (Lipinski definition) is 8. The predicted molar refractivity (Wildman–Crippen MR) is 63.6 cm³/mol. The summed E-state index contributed by atoms with van der Waals surface area (Å²) in [7, 11) is 0. The van der Waals surface area contributed by atoms with E-state index in [1.54, 1.807) is 6.92 Å². The first-order valence-corrected chi connectivity index (χ1v) is 6.38. The fraction of sp³-hybridized carbons (Fsp3) is 0.250. The first-order chi connectivity index (χ1) is 8.88. The van der Waals surface area contributed by atoms with Crippen LogP contribution in [0.4, 0.5) is 19.0 Å². The molecular weight excluding hydrogens is 301 g/mol. The summed E-state index contributed by atoms with van der Waals surface area (Å²) >= 11 is 2.05. The monoisotopic (exact) mass is 308 g/mol. The van der Waals surface area contributed by atoms with Crippen molar-refractivity contribution in [1.82, 2.24) is 19.3 Å². The average Bonchev–Trinajstić information content (AvgIpc) is 2.73. The zero-order valence-electron chi connectivity index (χ0n) is 9.39. The Morgan fingerprint density at radius 3 is 2.58 bits per heavy atom. The van der Waals surface area contributed by atoms with Crippen molar-refractivity contribution < 1.29 is 13.2 Å². The molecule has 11 heteroatoms. The van der Waals surface area contributed by atoms with Crippen molar-refractivity contribution >= 4 is 29.1 Å². The Labute approximate surface area is 113 Å². The molecule has 0 bridgehead atoms. The minimum atomic E-state index is -4.64. The molecule has 0 saturated heterocycles. The zero-order chi connectivity index (χ0) is 14.0. The smallest absolute Gasteiger partial charge is 0.308 e. The third-order valence-electron chi connectivity index (χ3n) is 1.80. The van der Waals surface area contributed by atoms with Gasteiger partial charge in [-0.15, -0.1) is 0 Å². The molecule has 0 radical (unpaired) electrons. The predicted octanol–water partition coefficient (Wildman–Crippen LogP) is 2.09. The van der Waals surface area contributed by atoms with E-state index in [1.807, 2.05) is 0 Å². The minimum absolute atomic E-state index is 0.0893. The van der Waals surface area contributed by atoms with Gasteiger partial charge in [0.15, 0.2) is 4.34 Å². The Morgan fingerprint density at radius 2 is 2.05 bits per heavy atom. The largest absolute Gasteiger partial charge is 0.451 e. The first-order valence-electron chi connectivity index (χ1n) is 4.79. The van der Waals surface area contributed by atoms with Crippen LogP contribution in [0.25, 0.3) is 0 Å². The molecule has 102 valence electrons. The second-order valence-electron chi connectivity index (χ2n) is 3.27. The van der Waals surface area contributed by atoms with Gasteiger partial charge in [-0.25, -0.2) is 20.8 Å². The van der Waals surface area contributed by atoms with Gasteiger partial charge in [0, 0.05) is 6.07 Å². The SMILES string of the molecule is Cc1nsc(Sc2cc(NN)nc(C(F)(F)F)n2)n1. The summed E-state index contributed by atoms with van der Waals surface area (Å²) in [5.41, 5.74) is 2.07. The van der Waals surface area contributed by atoms with Gasteiger partial charge in [0.2, 0.25) is 5.82 Å². The van der Waals surface area contributed by atoms with E-state index in [0.717, 1.165) is 23.3 Å². The van der Waals surface area contributed by atoms with Gasteiger partial charge in [0.1, 0.15) is 16.7 Å². The van der Waals surface area contributed by atoms with Crippen LogP contribution in [-0.4, -0.2) is 19.3 Å². The van der Waals surface area contributed by atoms with Crippen LogP contribution >= 0.6 is 23.3 Å². The Bertz CT molecular complexity index is 584. The summed E-state index contributed by atoms with van der Waals surface area (Å²) in [5, 5.41) is 0.0893. The summed E-state index contributed by atoms with van der Waals surface area (Å²) in [6, 6.07) is 1.30. The van der Waals surface area contributed by atoms with E-state index in [2.05, 4.69) is 24.8 Å². The highest BCUT2D eigenvalue weighted by atomic mass is 32.2. The maximum absolute atomic E-state index is 12.6. The Hall–Kier alpha value is -1.46. The van der Waals surface area contributed by atoms with Crippen LogP contribution in [0, 0.1) is 6.92 Å². The van der Waals surface area contributed by atoms with Gasteiger partial charge >= 0.3 is 6.18 Å². The van der Waals surface area contributed by atoms with Crippen molar-refractivity contribution in [3.8, 4) is 0 Å². The van der Waals surface area contributed by atoms with Crippen molar-refractivity contribution in [2.75, 3.05) is 5.43 Å². The minimum Gasteiger partial charge on any atom is -0.308 e. The van der Waals surface area contributed by atoms with E-state index in [-0.39, 0.29) is 10.8 Å². The number of alkyl halides is 3. The number of rotatable bonds is 3. The van der Waals surface area contributed by atoms with E-state index in [9.17, 15) is 13.2 Å². The number of halogens is 3. The van der Waals surface area contributed by atoms with Gasteiger partial charge in [-0.05, 0) is 30.2 Å². The lowest BCUT2D eigenvalue weighted by Crippen LogP contribution is -2.16. The maximum atomic E-state index is 12.6. The Kier molecular flexibility index (Phi) is 3.87. The van der Waals surface area contributed by atoms with Crippen molar-refractivity contribution in [1.29, 1.82) is 0 Å². The molecule has 0 aliphatic rings.